The molecule has 0 aromatic carbocycles. The summed E-state index contributed by atoms with van der Waals surface area (Å²) in [7, 11) is 0. The van der Waals surface area contributed by atoms with Gasteiger partial charge in [-0.3, -0.25) is 4.79 Å². The minimum atomic E-state index is -0.273. The van der Waals surface area contributed by atoms with Gasteiger partial charge in [-0.2, -0.15) is 5.26 Å². The van der Waals surface area contributed by atoms with Gasteiger partial charge in [-0.05, 0) is 37.3 Å². The molecule has 1 aliphatic carbocycles. The lowest BCUT2D eigenvalue weighted by molar-refractivity contribution is -0.119. The number of fused-ring (bicyclic) bond motifs is 1. The lowest BCUT2D eigenvalue weighted by Gasteiger charge is -2.34. The van der Waals surface area contributed by atoms with Crippen molar-refractivity contribution >= 4 is 11.7 Å². The number of hydrogen-bond acceptors (Lipinski definition) is 4. The first kappa shape index (κ1) is 12.9. The number of amides is 1. The number of hydrogen-bond donors (Lipinski definition) is 1. The molecule has 0 radical (unpaired) electrons. The van der Waals surface area contributed by atoms with Gasteiger partial charge in [0.25, 0.3) is 0 Å². The fourth-order valence-corrected chi connectivity index (χ4v) is 3.65. The van der Waals surface area contributed by atoms with Crippen LogP contribution in [0.2, 0.25) is 0 Å². The third-order valence-corrected chi connectivity index (χ3v) is 4.56. The first-order valence-electron chi connectivity index (χ1n) is 7.14. The zero-order valence-electron chi connectivity index (χ0n) is 11.3. The quantitative estimate of drug-likeness (QED) is 0.884. The molecule has 1 aromatic rings. The van der Waals surface area contributed by atoms with Crippen LogP contribution in [0.4, 0.5) is 5.82 Å². The van der Waals surface area contributed by atoms with Crippen LogP contribution in [0.25, 0.3) is 0 Å². The number of primary amides is 1. The van der Waals surface area contributed by atoms with Gasteiger partial charge in [0, 0.05) is 12.2 Å². The van der Waals surface area contributed by atoms with Crippen molar-refractivity contribution in [1.29, 1.82) is 5.26 Å². The molecule has 0 bridgehead atoms. The van der Waals surface area contributed by atoms with Crippen LogP contribution in [0.5, 0.6) is 0 Å². The summed E-state index contributed by atoms with van der Waals surface area (Å²) in [6.07, 6.45) is 7.09. The fraction of sp³-hybridized carbons (Fsp3) is 0.533. The van der Waals surface area contributed by atoms with E-state index in [0.717, 1.165) is 18.7 Å². The van der Waals surface area contributed by atoms with Gasteiger partial charge in [0.05, 0.1) is 5.56 Å². The molecule has 2 N–H and O–H groups in total. The van der Waals surface area contributed by atoms with Gasteiger partial charge < -0.3 is 10.6 Å². The van der Waals surface area contributed by atoms with Crippen molar-refractivity contribution in [3.8, 4) is 6.07 Å². The summed E-state index contributed by atoms with van der Waals surface area (Å²) < 4.78 is 0. The average Bonchev–Trinajstić information content (AvgIpc) is 2.87. The Labute approximate surface area is 118 Å². The maximum absolute atomic E-state index is 11.8. The van der Waals surface area contributed by atoms with E-state index in [2.05, 4.69) is 16.0 Å². The van der Waals surface area contributed by atoms with Crippen molar-refractivity contribution in [2.24, 2.45) is 11.7 Å². The zero-order valence-corrected chi connectivity index (χ0v) is 11.3. The Bertz CT molecular complexity index is 548. The van der Waals surface area contributed by atoms with Crippen LogP contribution in [0.15, 0.2) is 18.3 Å². The molecule has 20 heavy (non-hydrogen) atoms. The number of nitriles is 1. The molecule has 5 nitrogen and oxygen atoms in total. The van der Waals surface area contributed by atoms with Crippen LogP contribution >= 0.6 is 0 Å². The standard InChI is InChI=1S/C15H18N4O/c16-8-10-5-6-14(18-9-10)19-12-4-2-1-3-11(12)7-13(19)15(17)20/h5-6,9,11-13H,1-4,7H2,(H2,17,20)/t11-,12+,13-/m0/s1. The Morgan fingerprint density at radius 3 is 2.85 bits per heavy atom. The van der Waals surface area contributed by atoms with Crippen molar-refractivity contribution in [1.82, 2.24) is 4.98 Å². The maximum Gasteiger partial charge on any atom is 0.240 e. The molecule has 3 atom stereocenters. The Morgan fingerprint density at radius 2 is 2.20 bits per heavy atom. The summed E-state index contributed by atoms with van der Waals surface area (Å²) in [6.45, 7) is 0. The molecule has 2 aliphatic rings. The van der Waals surface area contributed by atoms with E-state index in [1.54, 1.807) is 12.3 Å². The molecular weight excluding hydrogens is 252 g/mol. The Morgan fingerprint density at radius 1 is 1.40 bits per heavy atom. The van der Waals surface area contributed by atoms with E-state index in [9.17, 15) is 4.79 Å². The van der Waals surface area contributed by atoms with Crippen molar-refractivity contribution in [2.75, 3.05) is 4.90 Å². The van der Waals surface area contributed by atoms with Crippen LogP contribution in [0, 0.1) is 17.2 Å². The predicted molar refractivity (Wildman–Crippen MR) is 74.8 cm³/mol. The van der Waals surface area contributed by atoms with Gasteiger partial charge in [0.2, 0.25) is 5.91 Å². The summed E-state index contributed by atoms with van der Waals surface area (Å²) in [5.41, 5.74) is 6.11. The smallest absolute Gasteiger partial charge is 0.240 e. The highest BCUT2D eigenvalue weighted by atomic mass is 16.1. The highest BCUT2D eigenvalue weighted by Gasteiger charge is 2.44. The van der Waals surface area contributed by atoms with Gasteiger partial charge >= 0.3 is 0 Å². The number of carbonyl (C=O) groups is 1. The maximum atomic E-state index is 11.8. The van der Waals surface area contributed by atoms with Gasteiger partial charge in [-0.25, -0.2) is 4.98 Å². The van der Waals surface area contributed by atoms with Crippen LogP contribution < -0.4 is 10.6 Å². The monoisotopic (exact) mass is 270 g/mol. The molecular formula is C15H18N4O. The second kappa shape index (κ2) is 5.12. The van der Waals surface area contributed by atoms with Gasteiger partial charge in [-0.1, -0.05) is 12.8 Å². The predicted octanol–water partition coefficient (Wildman–Crippen LogP) is 1.58. The van der Waals surface area contributed by atoms with Crippen LogP contribution in [-0.2, 0) is 4.79 Å². The molecule has 2 heterocycles. The Kier molecular flexibility index (Phi) is 3.31. The average molecular weight is 270 g/mol. The first-order chi connectivity index (χ1) is 9.70. The Balaban J connectivity index is 1.94. The fourth-order valence-electron chi connectivity index (χ4n) is 3.65. The number of anilines is 1. The van der Waals surface area contributed by atoms with Gasteiger partial charge in [0.15, 0.2) is 0 Å². The van der Waals surface area contributed by atoms with E-state index >= 15 is 0 Å². The highest BCUT2D eigenvalue weighted by Crippen LogP contribution is 2.41. The Hall–Kier alpha value is -2.09. The first-order valence-corrected chi connectivity index (χ1v) is 7.14. The van der Waals surface area contributed by atoms with Crippen LogP contribution in [-0.4, -0.2) is 23.0 Å². The molecule has 2 fully saturated rings. The number of carbonyl (C=O) groups excluding carboxylic acids is 1. The summed E-state index contributed by atoms with van der Waals surface area (Å²) >= 11 is 0. The largest absolute Gasteiger partial charge is 0.368 e. The summed E-state index contributed by atoms with van der Waals surface area (Å²) in [5, 5.41) is 8.84. The molecule has 104 valence electrons. The van der Waals surface area contributed by atoms with Crippen molar-refractivity contribution < 1.29 is 4.79 Å². The van der Waals surface area contributed by atoms with Crippen molar-refractivity contribution in [3.63, 3.8) is 0 Å². The molecule has 1 saturated heterocycles. The lowest BCUT2D eigenvalue weighted by Crippen LogP contribution is -2.45. The second-order valence-corrected chi connectivity index (χ2v) is 5.69. The molecule has 3 rings (SSSR count). The summed E-state index contributed by atoms with van der Waals surface area (Å²) in [5.74, 6) is 1.03. The van der Waals surface area contributed by atoms with E-state index in [0.29, 0.717) is 17.5 Å². The number of pyridine rings is 1. The third-order valence-electron chi connectivity index (χ3n) is 4.56. The molecule has 1 aromatic heterocycles. The van der Waals surface area contributed by atoms with E-state index < -0.39 is 0 Å². The molecule has 0 unspecified atom stereocenters. The molecule has 1 aliphatic heterocycles. The third kappa shape index (κ3) is 2.11. The van der Waals surface area contributed by atoms with E-state index in [1.807, 2.05) is 6.07 Å². The summed E-state index contributed by atoms with van der Waals surface area (Å²) in [6, 6.07) is 5.74. The normalized spacial score (nSPS) is 28.8. The number of nitrogens with zero attached hydrogens (tertiary/aromatic N) is 3. The lowest BCUT2D eigenvalue weighted by atomic mass is 9.84. The zero-order chi connectivity index (χ0) is 14.1. The molecule has 5 heteroatoms. The SMILES string of the molecule is N#Cc1ccc(N2[C@@H]3CCCC[C@H]3C[C@H]2C(N)=O)nc1. The topological polar surface area (TPSA) is 83.0 Å². The number of rotatable bonds is 2. The summed E-state index contributed by atoms with van der Waals surface area (Å²) in [4.78, 5) is 18.2. The highest BCUT2D eigenvalue weighted by molar-refractivity contribution is 5.84. The van der Waals surface area contributed by atoms with E-state index in [-0.39, 0.29) is 11.9 Å². The minimum absolute atomic E-state index is 0.261. The molecule has 1 saturated carbocycles. The van der Waals surface area contributed by atoms with Crippen molar-refractivity contribution in [2.45, 2.75) is 44.2 Å². The number of aromatic nitrogens is 1. The molecule has 1 amide bonds. The van der Waals surface area contributed by atoms with Gasteiger partial charge in [0.1, 0.15) is 17.9 Å². The van der Waals surface area contributed by atoms with E-state index in [1.165, 1.54) is 19.3 Å². The van der Waals surface area contributed by atoms with E-state index in [4.69, 9.17) is 11.0 Å². The van der Waals surface area contributed by atoms with Gasteiger partial charge in [-0.15, -0.1) is 0 Å². The minimum Gasteiger partial charge on any atom is -0.368 e. The molecule has 0 spiro atoms. The number of nitrogens with two attached hydrogens (primary N) is 1. The van der Waals surface area contributed by atoms with Crippen molar-refractivity contribution in [3.05, 3.63) is 23.9 Å². The van der Waals surface area contributed by atoms with Crippen LogP contribution in [0.3, 0.4) is 0 Å². The van der Waals surface area contributed by atoms with Crippen LogP contribution in [0.1, 0.15) is 37.7 Å². The second-order valence-electron chi connectivity index (χ2n) is 5.69.